The van der Waals surface area contributed by atoms with Crippen LogP contribution in [0.3, 0.4) is 0 Å². The molecule has 126 valence electrons. The highest BCUT2D eigenvalue weighted by molar-refractivity contribution is 9.10. The van der Waals surface area contributed by atoms with E-state index in [0.717, 1.165) is 6.42 Å². The molecule has 1 rings (SSSR count). The van der Waals surface area contributed by atoms with Crippen LogP contribution in [0.5, 0.6) is 11.5 Å². The molecule has 6 nitrogen and oxygen atoms in total. The standard InChI is InChI=1S/C17H18BrN3O3/c1-4-11(2)21-17(22)13(10-20)7-12-8-14(18)16(24-6-5-19)15(9-12)23-3/h7-9,11H,4,6H2,1-3H3,(H,21,22)/b13-7+/t11-/m1/s1. The summed E-state index contributed by atoms with van der Waals surface area (Å²) in [4.78, 5) is 12.1. The van der Waals surface area contributed by atoms with Gasteiger partial charge in [-0.25, -0.2) is 0 Å². The summed E-state index contributed by atoms with van der Waals surface area (Å²) in [6, 6.07) is 7.08. The number of benzene rings is 1. The summed E-state index contributed by atoms with van der Waals surface area (Å²) in [6.07, 6.45) is 2.24. The predicted octanol–water partition coefficient (Wildman–Crippen LogP) is 3.18. The minimum atomic E-state index is -0.424. The maximum absolute atomic E-state index is 12.1. The number of nitriles is 2. The molecule has 1 aromatic carbocycles. The van der Waals surface area contributed by atoms with Crippen LogP contribution in [-0.4, -0.2) is 25.7 Å². The molecular formula is C17H18BrN3O3. The van der Waals surface area contributed by atoms with Crippen molar-refractivity contribution in [2.75, 3.05) is 13.7 Å². The minimum Gasteiger partial charge on any atom is -0.493 e. The smallest absolute Gasteiger partial charge is 0.262 e. The molecule has 0 saturated heterocycles. The highest BCUT2D eigenvalue weighted by Gasteiger charge is 2.14. The van der Waals surface area contributed by atoms with Gasteiger partial charge in [0, 0.05) is 6.04 Å². The van der Waals surface area contributed by atoms with Crippen LogP contribution < -0.4 is 14.8 Å². The van der Waals surface area contributed by atoms with Gasteiger partial charge in [-0.15, -0.1) is 0 Å². The lowest BCUT2D eigenvalue weighted by molar-refractivity contribution is -0.117. The fraction of sp³-hybridized carbons (Fsp3) is 0.353. The molecule has 0 aromatic heterocycles. The quantitative estimate of drug-likeness (QED) is 0.568. The van der Waals surface area contributed by atoms with Crippen molar-refractivity contribution < 1.29 is 14.3 Å². The Morgan fingerprint density at radius 3 is 2.71 bits per heavy atom. The summed E-state index contributed by atoms with van der Waals surface area (Å²) in [7, 11) is 1.47. The van der Waals surface area contributed by atoms with Crippen LogP contribution in [0.25, 0.3) is 6.08 Å². The molecule has 0 spiro atoms. The van der Waals surface area contributed by atoms with Gasteiger partial charge >= 0.3 is 0 Å². The number of carbonyl (C=O) groups is 1. The van der Waals surface area contributed by atoms with Crippen LogP contribution in [-0.2, 0) is 4.79 Å². The van der Waals surface area contributed by atoms with E-state index in [4.69, 9.17) is 14.7 Å². The first-order valence-electron chi connectivity index (χ1n) is 7.26. The van der Waals surface area contributed by atoms with E-state index >= 15 is 0 Å². The number of nitrogens with one attached hydrogen (secondary N) is 1. The Balaban J connectivity index is 3.17. The molecule has 1 aromatic rings. The summed E-state index contributed by atoms with van der Waals surface area (Å²) < 4.78 is 11.1. The lowest BCUT2D eigenvalue weighted by Crippen LogP contribution is -2.32. The maximum Gasteiger partial charge on any atom is 0.262 e. The first-order valence-corrected chi connectivity index (χ1v) is 8.06. The lowest BCUT2D eigenvalue weighted by atomic mass is 10.1. The second-order valence-electron chi connectivity index (χ2n) is 4.93. The van der Waals surface area contributed by atoms with Gasteiger partial charge in [-0.3, -0.25) is 4.79 Å². The Kier molecular flexibility index (Phi) is 7.81. The van der Waals surface area contributed by atoms with Gasteiger partial charge in [0.05, 0.1) is 11.6 Å². The number of ether oxygens (including phenoxy) is 2. The van der Waals surface area contributed by atoms with Crippen LogP contribution in [0.15, 0.2) is 22.2 Å². The zero-order valence-corrected chi connectivity index (χ0v) is 15.3. The van der Waals surface area contributed by atoms with E-state index in [2.05, 4.69) is 21.2 Å². The summed E-state index contributed by atoms with van der Waals surface area (Å²) in [5, 5.41) is 20.6. The van der Waals surface area contributed by atoms with E-state index in [1.165, 1.54) is 13.2 Å². The van der Waals surface area contributed by atoms with Crippen molar-refractivity contribution in [3.8, 4) is 23.6 Å². The third-order valence-corrected chi connectivity index (χ3v) is 3.79. The SMILES string of the molecule is CC[C@@H](C)NC(=O)/C(C#N)=C/c1cc(Br)c(OCC#N)c(OC)c1. The lowest BCUT2D eigenvalue weighted by Gasteiger charge is -2.12. The monoisotopic (exact) mass is 391 g/mol. The second-order valence-corrected chi connectivity index (χ2v) is 5.79. The molecule has 0 aliphatic rings. The van der Waals surface area contributed by atoms with E-state index < -0.39 is 5.91 Å². The van der Waals surface area contributed by atoms with Crippen molar-refractivity contribution in [1.29, 1.82) is 10.5 Å². The third-order valence-electron chi connectivity index (χ3n) is 3.20. The van der Waals surface area contributed by atoms with E-state index in [0.29, 0.717) is 21.5 Å². The van der Waals surface area contributed by atoms with Gasteiger partial charge in [0.2, 0.25) is 0 Å². The van der Waals surface area contributed by atoms with Crippen molar-refractivity contribution in [3.63, 3.8) is 0 Å². The topological polar surface area (TPSA) is 95.1 Å². The number of rotatable bonds is 7. The zero-order chi connectivity index (χ0) is 18.1. The fourth-order valence-electron chi connectivity index (χ4n) is 1.79. The molecule has 0 aliphatic heterocycles. The van der Waals surface area contributed by atoms with Crippen molar-refractivity contribution >= 4 is 27.9 Å². The molecule has 1 atom stereocenters. The van der Waals surface area contributed by atoms with Crippen molar-refractivity contribution in [2.45, 2.75) is 26.3 Å². The Morgan fingerprint density at radius 1 is 1.46 bits per heavy atom. The van der Waals surface area contributed by atoms with Crippen LogP contribution in [0, 0.1) is 22.7 Å². The Hall–Kier alpha value is -2.51. The maximum atomic E-state index is 12.1. The summed E-state index contributed by atoms with van der Waals surface area (Å²) in [5.41, 5.74) is 0.592. The molecule has 0 heterocycles. The average Bonchev–Trinajstić information content (AvgIpc) is 2.57. The Bertz CT molecular complexity index is 717. The highest BCUT2D eigenvalue weighted by Crippen LogP contribution is 2.37. The van der Waals surface area contributed by atoms with E-state index in [1.54, 1.807) is 12.1 Å². The number of carbonyl (C=O) groups excluding carboxylic acids is 1. The highest BCUT2D eigenvalue weighted by atomic mass is 79.9. The molecule has 0 fully saturated rings. The fourth-order valence-corrected chi connectivity index (χ4v) is 2.36. The molecule has 0 bridgehead atoms. The molecule has 0 radical (unpaired) electrons. The molecule has 1 amide bonds. The molecule has 0 saturated carbocycles. The number of halogens is 1. The zero-order valence-electron chi connectivity index (χ0n) is 13.7. The molecule has 24 heavy (non-hydrogen) atoms. The second kappa shape index (κ2) is 9.59. The summed E-state index contributed by atoms with van der Waals surface area (Å²) in [6.45, 7) is 3.70. The van der Waals surface area contributed by atoms with Gasteiger partial charge in [0.15, 0.2) is 18.1 Å². The van der Waals surface area contributed by atoms with Gasteiger partial charge in [0.1, 0.15) is 17.7 Å². The Labute approximate surface area is 149 Å². The van der Waals surface area contributed by atoms with Crippen molar-refractivity contribution in [2.24, 2.45) is 0 Å². The van der Waals surface area contributed by atoms with Crippen LogP contribution in [0.2, 0.25) is 0 Å². The number of nitrogens with zero attached hydrogens (tertiary/aromatic N) is 2. The molecular weight excluding hydrogens is 374 g/mol. The number of hydrogen-bond donors (Lipinski definition) is 1. The van der Waals surface area contributed by atoms with E-state index in [9.17, 15) is 10.1 Å². The average molecular weight is 392 g/mol. The number of methoxy groups -OCH3 is 1. The van der Waals surface area contributed by atoms with E-state index in [-0.39, 0.29) is 18.2 Å². The Morgan fingerprint density at radius 2 is 2.17 bits per heavy atom. The molecule has 0 unspecified atom stereocenters. The van der Waals surface area contributed by atoms with Crippen molar-refractivity contribution in [1.82, 2.24) is 5.32 Å². The first-order chi connectivity index (χ1) is 11.5. The van der Waals surface area contributed by atoms with Gasteiger partial charge in [-0.1, -0.05) is 6.92 Å². The number of hydrogen-bond acceptors (Lipinski definition) is 5. The predicted molar refractivity (Wildman–Crippen MR) is 93.3 cm³/mol. The summed E-state index contributed by atoms with van der Waals surface area (Å²) in [5.74, 6) is 0.357. The first kappa shape index (κ1) is 19.5. The molecule has 0 aliphatic carbocycles. The van der Waals surface area contributed by atoms with Crippen molar-refractivity contribution in [3.05, 3.63) is 27.7 Å². The number of amides is 1. The molecule has 7 heteroatoms. The van der Waals surface area contributed by atoms with Gasteiger partial charge in [-0.2, -0.15) is 10.5 Å². The van der Waals surface area contributed by atoms with Gasteiger partial charge in [0.25, 0.3) is 5.91 Å². The van der Waals surface area contributed by atoms with Crippen LogP contribution in [0.1, 0.15) is 25.8 Å². The third kappa shape index (κ3) is 5.29. The van der Waals surface area contributed by atoms with Crippen LogP contribution in [0.4, 0.5) is 0 Å². The minimum absolute atomic E-state index is 0.00468. The van der Waals surface area contributed by atoms with Gasteiger partial charge < -0.3 is 14.8 Å². The van der Waals surface area contributed by atoms with Crippen LogP contribution >= 0.6 is 15.9 Å². The summed E-state index contributed by atoms with van der Waals surface area (Å²) >= 11 is 3.34. The normalized spacial score (nSPS) is 11.8. The van der Waals surface area contributed by atoms with Gasteiger partial charge in [-0.05, 0) is 53.0 Å². The molecule has 1 N–H and O–H groups in total. The van der Waals surface area contributed by atoms with E-state index in [1.807, 2.05) is 26.0 Å². The largest absolute Gasteiger partial charge is 0.493 e.